The van der Waals surface area contributed by atoms with Crippen LogP contribution >= 0.6 is 0 Å². The van der Waals surface area contributed by atoms with Gasteiger partial charge in [0.1, 0.15) is 0 Å². The molecule has 3 nitrogen and oxygen atoms in total. The monoisotopic (exact) mass is 177 g/mol. The minimum Gasteiger partial charge on any atom is -0.271 e. The summed E-state index contributed by atoms with van der Waals surface area (Å²) in [6.07, 6.45) is 7.55. The second-order valence-corrected chi connectivity index (χ2v) is 3.62. The Morgan fingerprint density at radius 3 is 2.54 bits per heavy atom. The normalized spacial score (nSPS) is 19.5. The lowest BCUT2D eigenvalue weighted by Gasteiger charge is -2.33. The highest BCUT2D eigenvalue weighted by molar-refractivity contribution is 5.16. The molecule has 1 fully saturated rings. The Hall–Kier alpha value is -0.930. The average Bonchev–Trinajstić information content (AvgIpc) is 2.12. The van der Waals surface area contributed by atoms with Crippen LogP contribution in [-0.2, 0) is 0 Å². The third kappa shape index (κ3) is 1.71. The maximum atomic E-state index is 5.54. The van der Waals surface area contributed by atoms with Gasteiger partial charge < -0.3 is 0 Å². The zero-order chi connectivity index (χ0) is 9.10. The number of hydrogen-bond donors (Lipinski definition) is 2. The molecule has 0 saturated heterocycles. The van der Waals surface area contributed by atoms with Gasteiger partial charge in [0.25, 0.3) is 0 Å². The van der Waals surface area contributed by atoms with Crippen molar-refractivity contribution in [2.75, 3.05) is 0 Å². The molecule has 3 heteroatoms. The van der Waals surface area contributed by atoms with Gasteiger partial charge in [0.05, 0.1) is 0 Å². The summed E-state index contributed by atoms with van der Waals surface area (Å²) in [6.45, 7) is 0. The van der Waals surface area contributed by atoms with Crippen LogP contribution in [0.3, 0.4) is 0 Å². The fourth-order valence-corrected chi connectivity index (χ4v) is 1.85. The summed E-state index contributed by atoms with van der Waals surface area (Å²) in [7, 11) is 0. The number of rotatable bonds is 3. The molecule has 1 aliphatic rings. The van der Waals surface area contributed by atoms with E-state index in [4.69, 9.17) is 5.84 Å². The maximum absolute atomic E-state index is 5.54. The average molecular weight is 177 g/mol. The van der Waals surface area contributed by atoms with Gasteiger partial charge in [-0.05, 0) is 36.5 Å². The second kappa shape index (κ2) is 3.85. The van der Waals surface area contributed by atoms with Crippen molar-refractivity contribution in [2.45, 2.75) is 25.3 Å². The Bertz CT molecular complexity index is 256. The van der Waals surface area contributed by atoms with Gasteiger partial charge in [0.2, 0.25) is 0 Å². The van der Waals surface area contributed by atoms with Gasteiger partial charge in [0, 0.05) is 18.4 Å². The molecule has 0 aromatic carbocycles. The van der Waals surface area contributed by atoms with Crippen LogP contribution in [0.5, 0.6) is 0 Å². The van der Waals surface area contributed by atoms with Crippen molar-refractivity contribution < 1.29 is 0 Å². The zero-order valence-corrected chi connectivity index (χ0v) is 7.61. The van der Waals surface area contributed by atoms with Crippen LogP contribution in [0.15, 0.2) is 24.5 Å². The van der Waals surface area contributed by atoms with Crippen LogP contribution in [0, 0.1) is 5.92 Å². The summed E-state index contributed by atoms with van der Waals surface area (Å²) in [5.41, 5.74) is 4.14. The molecular formula is C10H15N3. The van der Waals surface area contributed by atoms with Gasteiger partial charge in [-0.3, -0.25) is 16.3 Å². The summed E-state index contributed by atoms with van der Waals surface area (Å²) in [6, 6.07) is 4.38. The summed E-state index contributed by atoms with van der Waals surface area (Å²) in [4.78, 5) is 4.00. The molecule has 1 heterocycles. The number of nitrogens with two attached hydrogens (primary N) is 1. The predicted octanol–water partition coefficient (Wildman–Crippen LogP) is 1.39. The van der Waals surface area contributed by atoms with Crippen molar-refractivity contribution in [1.82, 2.24) is 10.4 Å². The molecule has 1 saturated carbocycles. The van der Waals surface area contributed by atoms with E-state index in [0.29, 0.717) is 12.0 Å². The molecule has 3 N–H and O–H groups in total. The Labute approximate surface area is 78.3 Å². The molecule has 1 aliphatic carbocycles. The molecule has 0 amide bonds. The molecule has 0 spiro atoms. The minimum atomic E-state index is 0.316. The molecule has 1 aromatic heterocycles. The molecular weight excluding hydrogens is 162 g/mol. The number of hydrogen-bond acceptors (Lipinski definition) is 3. The van der Waals surface area contributed by atoms with Gasteiger partial charge in [-0.1, -0.05) is 6.42 Å². The smallest absolute Gasteiger partial charge is 0.0489 e. The third-order valence-corrected chi connectivity index (χ3v) is 2.87. The van der Waals surface area contributed by atoms with Crippen molar-refractivity contribution in [3.63, 3.8) is 0 Å². The van der Waals surface area contributed by atoms with Crippen LogP contribution in [0.4, 0.5) is 0 Å². The van der Waals surface area contributed by atoms with Crippen LogP contribution in [-0.4, -0.2) is 4.98 Å². The minimum absolute atomic E-state index is 0.316. The first-order valence-electron chi connectivity index (χ1n) is 4.78. The molecule has 70 valence electrons. The van der Waals surface area contributed by atoms with E-state index >= 15 is 0 Å². The molecule has 0 bridgehead atoms. The van der Waals surface area contributed by atoms with E-state index in [-0.39, 0.29) is 0 Å². The Balaban J connectivity index is 2.12. The van der Waals surface area contributed by atoms with E-state index in [0.717, 1.165) is 0 Å². The van der Waals surface area contributed by atoms with Crippen LogP contribution in [0.1, 0.15) is 30.9 Å². The van der Waals surface area contributed by atoms with E-state index < -0.39 is 0 Å². The third-order valence-electron chi connectivity index (χ3n) is 2.87. The van der Waals surface area contributed by atoms with Crippen molar-refractivity contribution >= 4 is 0 Å². The quantitative estimate of drug-likeness (QED) is 0.542. The molecule has 13 heavy (non-hydrogen) atoms. The van der Waals surface area contributed by atoms with Crippen molar-refractivity contribution in [3.05, 3.63) is 30.1 Å². The Kier molecular flexibility index (Phi) is 2.57. The first-order valence-corrected chi connectivity index (χ1v) is 4.78. The number of pyridine rings is 1. The Morgan fingerprint density at radius 1 is 1.38 bits per heavy atom. The van der Waals surface area contributed by atoms with Crippen LogP contribution < -0.4 is 11.3 Å². The molecule has 0 radical (unpaired) electrons. The molecule has 2 rings (SSSR count). The van der Waals surface area contributed by atoms with Crippen molar-refractivity contribution in [2.24, 2.45) is 11.8 Å². The molecule has 1 aromatic rings. The largest absolute Gasteiger partial charge is 0.271 e. The second-order valence-electron chi connectivity index (χ2n) is 3.62. The fourth-order valence-electron chi connectivity index (χ4n) is 1.85. The van der Waals surface area contributed by atoms with Gasteiger partial charge in [-0.15, -0.1) is 0 Å². The summed E-state index contributed by atoms with van der Waals surface area (Å²) in [5.74, 6) is 6.26. The topological polar surface area (TPSA) is 50.9 Å². The summed E-state index contributed by atoms with van der Waals surface area (Å²) in [5, 5.41) is 0. The number of aromatic nitrogens is 1. The van der Waals surface area contributed by atoms with Crippen LogP contribution in [0.25, 0.3) is 0 Å². The van der Waals surface area contributed by atoms with Gasteiger partial charge in [-0.2, -0.15) is 0 Å². The fraction of sp³-hybridized carbons (Fsp3) is 0.500. The van der Waals surface area contributed by atoms with Crippen molar-refractivity contribution in [1.29, 1.82) is 0 Å². The highest BCUT2D eigenvalue weighted by Gasteiger charge is 2.27. The standard InChI is InChI=1S/C10H15N3/c11-13-10(8-2-1-3-8)9-4-6-12-7-5-9/h4-8,10,13H,1-3,11H2. The van der Waals surface area contributed by atoms with E-state index in [9.17, 15) is 0 Å². The van der Waals surface area contributed by atoms with E-state index in [1.807, 2.05) is 24.5 Å². The zero-order valence-electron chi connectivity index (χ0n) is 7.61. The first kappa shape index (κ1) is 8.66. The first-order chi connectivity index (χ1) is 6.42. The van der Waals surface area contributed by atoms with Crippen molar-refractivity contribution in [3.8, 4) is 0 Å². The Morgan fingerprint density at radius 2 is 2.08 bits per heavy atom. The van der Waals surface area contributed by atoms with E-state index in [1.165, 1.54) is 24.8 Å². The molecule has 1 atom stereocenters. The van der Waals surface area contributed by atoms with Gasteiger partial charge in [-0.25, -0.2) is 0 Å². The predicted molar refractivity (Wildman–Crippen MR) is 51.6 cm³/mol. The SMILES string of the molecule is NNC(c1ccncc1)C1CCC1. The van der Waals surface area contributed by atoms with E-state index in [2.05, 4.69) is 10.4 Å². The van der Waals surface area contributed by atoms with Gasteiger partial charge >= 0.3 is 0 Å². The summed E-state index contributed by atoms with van der Waals surface area (Å²) < 4.78 is 0. The van der Waals surface area contributed by atoms with Gasteiger partial charge in [0.15, 0.2) is 0 Å². The summed E-state index contributed by atoms with van der Waals surface area (Å²) >= 11 is 0. The molecule has 1 unspecified atom stereocenters. The lowest BCUT2D eigenvalue weighted by molar-refractivity contribution is 0.232. The number of nitrogens with zero attached hydrogens (tertiary/aromatic N) is 1. The van der Waals surface area contributed by atoms with E-state index in [1.54, 1.807) is 0 Å². The maximum Gasteiger partial charge on any atom is 0.0489 e. The lowest BCUT2D eigenvalue weighted by atomic mass is 9.77. The highest BCUT2D eigenvalue weighted by atomic mass is 15.2. The lowest BCUT2D eigenvalue weighted by Crippen LogP contribution is -2.36. The number of nitrogens with one attached hydrogen (secondary N) is 1. The van der Waals surface area contributed by atoms with Crippen LogP contribution in [0.2, 0.25) is 0 Å². The highest BCUT2D eigenvalue weighted by Crippen LogP contribution is 2.36. The molecule has 0 aliphatic heterocycles. The number of hydrazine groups is 1.